The summed E-state index contributed by atoms with van der Waals surface area (Å²) in [4.78, 5) is 12.6. The molecule has 0 aliphatic heterocycles. The predicted octanol–water partition coefficient (Wildman–Crippen LogP) is -1.00. The van der Waals surface area contributed by atoms with Gasteiger partial charge in [0.1, 0.15) is 6.61 Å². The van der Waals surface area contributed by atoms with Gasteiger partial charge in [-0.25, -0.2) is 0 Å². The van der Waals surface area contributed by atoms with Gasteiger partial charge in [0.15, 0.2) is 5.34 Å². The Balaban J connectivity index is 2.98. The highest BCUT2D eigenvalue weighted by atomic mass is 16.8. The van der Waals surface area contributed by atoms with E-state index in [1.54, 1.807) is 0 Å². The first kappa shape index (κ1) is 6.32. The Hall–Kier alpha value is -0.680. The third-order valence-electron chi connectivity index (χ3n) is 0.321. The maximum absolute atomic E-state index is 9.03. The molecule has 0 aliphatic carbocycles. The van der Waals surface area contributed by atoms with Crippen molar-refractivity contribution in [2.75, 3.05) is 6.61 Å². The Morgan fingerprint density at radius 2 is 2.43 bits per heavy atom. The number of nitrogens with zero attached hydrogens (tertiary/aromatic N) is 1. The standard InChI is InChI=1S/C2H5NO4/c4-1-2(5)7-3-6/h2,4-5H,1H2. The number of hydrogen-bond donors (Lipinski definition) is 2. The Bertz CT molecular complexity index is 55.7. The molecule has 0 aromatic heterocycles. The largest absolute Gasteiger partial charge is 0.390 e. The summed E-state index contributed by atoms with van der Waals surface area (Å²) in [5.74, 6) is 0. The van der Waals surface area contributed by atoms with Crippen molar-refractivity contribution >= 4 is 0 Å². The summed E-state index contributed by atoms with van der Waals surface area (Å²) in [7, 11) is 0. The lowest BCUT2D eigenvalue weighted by Gasteiger charge is -1.97. The Morgan fingerprint density at radius 3 is 2.57 bits per heavy atom. The quantitative estimate of drug-likeness (QED) is 0.275. The van der Waals surface area contributed by atoms with Gasteiger partial charge >= 0.3 is 0 Å². The summed E-state index contributed by atoms with van der Waals surface area (Å²) < 4.78 is 0. The highest BCUT2D eigenvalue weighted by Gasteiger charge is 1.98. The van der Waals surface area contributed by atoms with Crippen molar-refractivity contribution in [1.29, 1.82) is 0 Å². The summed E-state index contributed by atoms with van der Waals surface area (Å²) in [6.45, 7) is -0.619. The monoisotopic (exact) mass is 107 g/mol. The van der Waals surface area contributed by atoms with Crippen LogP contribution in [-0.2, 0) is 4.84 Å². The molecule has 42 valence electrons. The van der Waals surface area contributed by atoms with E-state index in [0.717, 1.165) is 0 Å². The van der Waals surface area contributed by atoms with Gasteiger partial charge in [-0.15, -0.1) is 4.91 Å². The van der Waals surface area contributed by atoms with E-state index >= 15 is 0 Å². The Morgan fingerprint density at radius 1 is 1.86 bits per heavy atom. The first-order valence-corrected chi connectivity index (χ1v) is 1.58. The molecule has 0 bridgehead atoms. The number of rotatable bonds is 3. The summed E-state index contributed by atoms with van der Waals surface area (Å²) in [6.07, 6.45) is -1.47. The van der Waals surface area contributed by atoms with E-state index in [2.05, 4.69) is 4.84 Å². The van der Waals surface area contributed by atoms with Gasteiger partial charge in [0.25, 0.3) is 6.29 Å². The second-order valence-corrected chi connectivity index (χ2v) is 0.817. The molecular formula is C2H5NO4. The second kappa shape index (κ2) is 3.51. The van der Waals surface area contributed by atoms with Crippen LogP contribution in [0.4, 0.5) is 0 Å². The van der Waals surface area contributed by atoms with Crippen LogP contribution in [0.25, 0.3) is 0 Å². The fraction of sp³-hybridized carbons (Fsp3) is 1.00. The van der Waals surface area contributed by atoms with Gasteiger partial charge in [-0.2, -0.15) is 0 Å². The molecule has 0 aromatic carbocycles. The van der Waals surface area contributed by atoms with Crippen LogP contribution in [0.2, 0.25) is 0 Å². The van der Waals surface area contributed by atoms with Crippen molar-refractivity contribution in [3.05, 3.63) is 4.91 Å². The van der Waals surface area contributed by atoms with Crippen molar-refractivity contribution in [3.8, 4) is 0 Å². The molecule has 0 amide bonds. The number of aliphatic hydroxyl groups excluding tert-OH is 2. The molecule has 0 fully saturated rings. The van der Waals surface area contributed by atoms with Gasteiger partial charge in [0.05, 0.1) is 0 Å². The van der Waals surface area contributed by atoms with E-state index in [-0.39, 0.29) is 0 Å². The molecule has 0 aromatic rings. The van der Waals surface area contributed by atoms with Gasteiger partial charge < -0.3 is 15.1 Å². The predicted molar refractivity (Wildman–Crippen MR) is 20.0 cm³/mol. The van der Waals surface area contributed by atoms with Crippen LogP contribution in [0, 0.1) is 4.91 Å². The SMILES string of the molecule is O=NOC(O)CO. The fourth-order valence-corrected chi connectivity index (χ4v) is 0.0830. The third kappa shape index (κ3) is 3.14. The average molecular weight is 107 g/mol. The van der Waals surface area contributed by atoms with Crippen LogP contribution in [0.15, 0.2) is 5.34 Å². The molecule has 5 heteroatoms. The van der Waals surface area contributed by atoms with Crippen LogP contribution in [0.3, 0.4) is 0 Å². The van der Waals surface area contributed by atoms with Crippen molar-refractivity contribution in [2.45, 2.75) is 6.29 Å². The van der Waals surface area contributed by atoms with Gasteiger partial charge in [-0.1, -0.05) is 0 Å². The highest BCUT2D eigenvalue weighted by molar-refractivity contribution is 4.26. The minimum Gasteiger partial charge on any atom is -0.390 e. The van der Waals surface area contributed by atoms with Gasteiger partial charge in [-0.05, 0) is 0 Å². The summed E-state index contributed by atoms with van der Waals surface area (Å²) in [5, 5.41) is 17.8. The Labute approximate surface area is 39.5 Å². The van der Waals surface area contributed by atoms with Crippen molar-refractivity contribution in [2.24, 2.45) is 5.34 Å². The molecule has 0 aliphatic rings. The molecule has 0 saturated heterocycles. The number of aliphatic hydroxyl groups is 2. The topological polar surface area (TPSA) is 79.1 Å². The van der Waals surface area contributed by atoms with E-state index in [1.165, 1.54) is 0 Å². The summed E-state index contributed by atoms with van der Waals surface area (Å²) in [5.41, 5.74) is 0. The van der Waals surface area contributed by atoms with Gasteiger partial charge in [-0.3, -0.25) is 0 Å². The van der Waals surface area contributed by atoms with Crippen molar-refractivity contribution in [3.63, 3.8) is 0 Å². The lowest BCUT2D eigenvalue weighted by Crippen LogP contribution is -2.12. The summed E-state index contributed by atoms with van der Waals surface area (Å²) >= 11 is 0. The van der Waals surface area contributed by atoms with E-state index < -0.39 is 12.9 Å². The molecular weight excluding hydrogens is 102 g/mol. The van der Waals surface area contributed by atoms with Gasteiger partial charge in [0.2, 0.25) is 0 Å². The Kier molecular flexibility index (Phi) is 3.17. The zero-order valence-corrected chi connectivity index (χ0v) is 3.44. The normalized spacial score (nSPS) is 12.9. The molecule has 0 rings (SSSR count). The minimum atomic E-state index is -1.47. The zero-order chi connectivity index (χ0) is 5.70. The van der Waals surface area contributed by atoms with Crippen LogP contribution >= 0.6 is 0 Å². The molecule has 0 heterocycles. The van der Waals surface area contributed by atoms with E-state index in [0.29, 0.717) is 0 Å². The van der Waals surface area contributed by atoms with Crippen molar-refractivity contribution in [1.82, 2.24) is 0 Å². The van der Waals surface area contributed by atoms with E-state index in [4.69, 9.17) is 15.1 Å². The van der Waals surface area contributed by atoms with E-state index in [9.17, 15) is 0 Å². The molecule has 7 heavy (non-hydrogen) atoms. The summed E-state index contributed by atoms with van der Waals surface area (Å²) in [6, 6.07) is 0. The molecule has 2 N–H and O–H groups in total. The maximum Gasteiger partial charge on any atom is 0.251 e. The molecule has 1 unspecified atom stereocenters. The fourth-order valence-electron chi connectivity index (χ4n) is 0.0830. The lowest BCUT2D eigenvalue weighted by atomic mass is 10.7. The van der Waals surface area contributed by atoms with Crippen LogP contribution in [0.5, 0.6) is 0 Å². The first-order chi connectivity index (χ1) is 3.31. The molecule has 0 radical (unpaired) electrons. The minimum absolute atomic E-state index is 0.619. The molecule has 5 nitrogen and oxygen atoms in total. The van der Waals surface area contributed by atoms with E-state index in [1.807, 2.05) is 5.34 Å². The molecule has 0 saturated carbocycles. The van der Waals surface area contributed by atoms with Gasteiger partial charge in [0, 0.05) is 0 Å². The van der Waals surface area contributed by atoms with Crippen LogP contribution in [-0.4, -0.2) is 23.1 Å². The second-order valence-electron chi connectivity index (χ2n) is 0.817. The van der Waals surface area contributed by atoms with Crippen LogP contribution in [0.1, 0.15) is 0 Å². The lowest BCUT2D eigenvalue weighted by molar-refractivity contribution is -0.125. The molecule has 1 atom stereocenters. The van der Waals surface area contributed by atoms with Crippen molar-refractivity contribution < 1.29 is 15.1 Å². The average Bonchev–Trinajstić information content (AvgIpc) is 1.68. The van der Waals surface area contributed by atoms with Crippen LogP contribution < -0.4 is 0 Å². The smallest absolute Gasteiger partial charge is 0.251 e. The molecule has 0 spiro atoms. The first-order valence-electron chi connectivity index (χ1n) is 1.58. The maximum atomic E-state index is 9.03. The zero-order valence-electron chi connectivity index (χ0n) is 3.44. The number of hydrogen-bond acceptors (Lipinski definition) is 5. The third-order valence-corrected chi connectivity index (χ3v) is 0.321. The highest BCUT2D eigenvalue weighted by Crippen LogP contribution is 1.81.